The maximum absolute atomic E-state index is 12.1. The van der Waals surface area contributed by atoms with E-state index in [0.717, 1.165) is 36.3 Å². The number of rotatable bonds is 2. The molecule has 0 radical (unpaired) electrons. The molecule has 0 bridgehead atoms. The number of aromatic nitrogens is 2. The van der Waals surface area contributed by atoms with Crippen molar-refractivity contribution in [1.82, 2.24) is 9.55 Å². The molecule has 1 aliphatic heterocycles. The van der Waals surface area contributed by atoms with Crippen LogP contribution in [0.25, 0.3) is 11.4 Å². The molecule has 0 amide bonds. The summed E-state index contributed by atoms with van der Waals surface area (Å²) in [7, 11) is 1.42. The molecule has 21 heavy (non-hydrogen) atoms. The molecule has 0 spiro atoms. The monoisotopic (exact) mass is 304 g/mol. The number of hydrogen-bond donors (Lipinski definition) is 0. The molecular formula is C16H17ClN2O2. The highest BCUT2D eigenvalue weighted by Gasteiger charge is 2.32. The Kier molecular flexibility index (Phi) is 3.72. The third-order valence-electron chi connectivity index (χ3n) is 3.95. The minimum atomic E-state index is -0.338. The van der Waals surface area contributed by atoms with Gasteiger partial charge in [-0.3, -0.25) is 0 Å². The van der Waals surface area contributed by atoms with Gasteiger partial charge in [-0.1, -0.05) is 41.4 Å². The van der Waals surface area contributed by atoms with Crippen LogP contribution in [0.2, 0.25) is 5.15 Å². The highest BCUT2D eigenvalue weighted by atomic mass is 35.5. The number of carbonyl (C=O) groups is 1. The van der Waals surface area contributed by atoms with Crippen LogP contribution < -0.4 is 0 Å². The van der Waals surface area contributed by atoms with Gasteiger partial charge in [-0.15, -0.1) is 0 Å². The second-order valence-corrected chi connectivity index (χ2v) is 5.70. The number of halogens is 1. The molecule has 0 saturated carbocycles. The number of benzene rings is 1. The summed E-state index contributed by atoms with van der Waals surface area (Å²) in [5.41, 5.74) is 3.07. The Morgan fingerprint density at radius 3 is 2.76 bits per heavy atom. The summed E-state index contributed by atoms with van der Waals surface area (Å²) in [4.78, 5) is 16.5. The first-order valence-corrected chi connectivity index (χ1v) is 7.41. The summed E-state index contributed by atoms with van der Waals surface area (Å²) in [6, 6.07) is 7.73. The fourth-order valence-corrected chi connectivity index (χ4v) is 3.12. The zero-order chi connectivity index (χ0) is 15.0. The fourth-order valence-electron chi connectivity index (χ4n) is 2.86. The van der Waals surface area contributed by atoms with Crippen molar-refractivity contribution >= 4 is 17.6 Å². The second-order valence-electron chi connectivity index (χ2n) is 5.34. The van der Waals surface area contributed by atoms with Gasteiger partial charge in [0.15, 0.2) is 5.15 Å². The average molecular weight is 305 g/mol. The van der Waals surface area contributed by atoms with Crippen LogP contribution in [-0.2, 0) is 16.0 Å². The van der Waals surface area contributed by atoms with E-state index >= 15 is 0 Å². The van der Waals surface area contributed by atoms with Gasteiger partial charge < -0.3 is 9.30 Å². The minimum absolute atomic E-state index is 0.238. The van der Waals surface area contributed by atoms with Crippen molar-refractivity contribution in [2.45, 2.75) is 32.2 Å². The van der Waals surface area contributed by atoms with Gasteiger partial charge in [0.2, 0.25) is 0 Å². The summed E-state index contributed by atoms with van der Waals surface area (Å²) in [5.74, 6) is 0.503. The van der Waals surface area contributed by atoms with Gasteiger partial charge in [0.25, 0.3) is 0 Å². The molecule has 1 aromatic heterocycles. The molecule has 0 saturated heterocycles. The van der Waals surface area contributed by atoms with Crippen LogP contribution in [0.15, 0.2) is 24.3 Å². The van der Waals surface area contributed by atoms with Gasteiger partial charge in [0, 0.05) is 5.56 Å². The summed E-state index contributed by atoms with van der Waals surface area (Å²) in [6.45, 7) is 2.04. The number of hydrogen-bond acceptors (Lipinski definition) is 3. The van der Waals surface area contributed by atoms with Crippen LogP contribution in [0, 0.1) is 6.92 Å². The number of carbonyl (C=O) groups excluding carboxylic acids is 1. The van der Waals surface area contributed by atoms with Crippen molar-refractivity contribution < 1.29 is 9.53 Å². The van der Waals surface area contributed by atoms with Crippen molar-refractivity contribution in [1.29, 1.82) is 0 Å². The Morgan fingerprint density at radius 2 is 2.10 bits per heavy atom. The average Bonchev–Trinajstić information content (AvgIpc) is 2.85. The van der Waals surface area contributed by atoms with Gasteiger partial charge in [0.05, 0.1) is 12.8 Å². The highest BCUT2D eigenvalue weighted by Crippen LogP contribution is 2.36. The predicted octanol–water partition coefficient (Wildman–Crippen LogP) is 3.56. The first-order chi connectivity index (χ1) is 10.1. The smallest absolute Gasteiger partial charge is 0.328 e. The Balaban J connectivity index is 2.14. The molecule has 3 rings (SSSR count). The van der Waals surface area contributed by atoms with E-state index in [1.54, 1.807) is 0 Å². The zero-order valence-electron chi connectivity index (χ0n) is 12.1. The molecule has 110 valence electrons. The first-order valence-electron chi connectivity index (χ1n) is 7.03. The van der Waals surface area contributed by atoms with E-state index in [4.69, 9.17) is 16.3 Å². The third-order valence-corrected chi connectivity index (χ3v) is 4.25. The quantitative estimate of drug-likeness (QED) is 0.797. The molecule has 1 aliphatic rings. The van der Waals surface area contributed by atoms with E-state index in [1.165, 1.54) is 12.7 Å². The van der Waals surface area contributed by atoms with E-state index in [2.05, 4.69) is 4.98 Å². The van der Waals surface area contributed by atoms with Crippen molar-refractivity contribution in [3.8, 4) is 11.4 Å². The first kappa shape index (κ1) is 14.1. The molecule has 5 heteroatoms. The predicted molar refractivity (Wildman–Crippen MR) is 81.4 cm³/mol. The number of ether oxygens (including phenoxy) is 1. The number of nitrogens with zero attached hydrogens (tertiary/aromatic N) is 2. The van der Waals surface area contributed by atoms with E-state index in [1.807, 2.05) is 35.8 Å². The Labute approximate surface area is 128 Å². The fraction of sp³-hybridized carbons (Fsp3) is 0.375. The van der Waals surface area contributed by atoms with Gasteiger partial charge in [0.1, 0.15) is 11.9 Å². The second kappa shape index (κ2) is 5.53. The van der Waals surface area contributed by atoms with Crippen molar-refractivity contribution in [3.63, 3.8) is 0 Å². The van der Waals surface area contributed by atoms with Crippen molar-refractivity contribution in [2.24, 2.45) is 0 Å². The lowest BCUT2D eigenvalue weighted by molar-refractivity contribution is -0.145. The number of fused-ring (bicyclic) bond motifs is 1. The summed E-state index contributed by atoms with van der Waals surface area (Å²) >= 11 is 6.27. The lowest BCUT2D eigenvalue weighted by Crippen LogP contribution is -2.26. The van der Waals surface area contributed by atoms with Gasteiger partial charge in [-0.25, -0.2) is 9.78 Å². The maximum Gasteiger partial charge on any atom is 0.328 e. The standard InChI is InChI=1S/C16H17ClN2O2/c1-10-6-8-11(9-7-10)15-18-14(17)12-4-3-5-13(19(12)15)16(20)21-2/h6-9,13H,3-5H2,1-2H3. The molecule has 1 aromatic carbocycles. The molecular weight excluding hydrogens is 288 g/mol. The largest absolute Gasteiger partial charge is 0.467 e. The van der Waals surface area contributed by atoms with E-state index in [0.29, 0.717) is 5.15 Å². The Hall–Kier alpha value is -1.81. The lowest BCUT2D eigenvalue weighted by Gasteiger charge is -2.25. The van der Waals surface area contributed by atoms with Crippen LogP contribution in [0.1, 0.15) is 30.1 Å². The number of imidazole rings is 1. The molecule has 1 atom stereocenters. The van der Waals surface area contributed by atoms with Gasteiger partial charge >= 0.3 is 5.97 Å². The normalized spacial score (nSPS) is 17.4. The maximum atomic E-state index is 12.1. The summed E-state index contributed by atoms with van der Waals surface area (Å²) in [6.07, 6.45) is 2.51. The number of esters is 1. The van der Waals surface area contributed by atoms with Crippen LogP contribution in [0.4, 0.5) is 0 Å². The lowest BCUT2D eigenvalue weighted by atomic mass is 10.0. The third kappa shape index (κ3) is 2.44. The molecule has 0 N–H and O–H groups in total. The van der Waals surface area contributed by atoms with E-state index in [9.17, 15) is 4.79 Å². The van der Waals surface area contributed by atoms with Gasteiger partial charge in [-0.05, 0) is 26.2 Å². The zero-order valence-corrected chi connectivity index (χ0v) is 12.9. The minimum Gasteiger partial charge on any atom is -0.467 e. The molecule has 2 aromatic rings. The molecule has 4 nitrogen and oxygen atoms in total. The van der Waals surface area contributed by atoms with Crippen LogP contribution >= 0.6 is 11.6 Å². The SMILES string of the molecule is COC(=O)C1CCCc2c(Cl)nc(-c3ccc(C)cc3)n21. The summed E-state index contributed by atoms with van der Waals surface area (Å²) < 4.78 is 6.88. The molecule has 2 heterocycles. The topological polar surface area (TPSA) is 44.1 Å². The number of methoxy groups -OCH3 is 1. The van der Waals surface area contributed by atoms with Gasteiger partial charge in [-0.2, -0.15) is 0 Å². The van der Waals surface area contributed by atoms with Crippen LogP contribution in [0.3, 0.4) is 0 Å². The Bertz CT molecular complexity index is 676. The molecule has 0 fully saturated rings. The van der Waals surface area contributed by atoms with Crippen molar-refractivity contribution in [3.05, 3.63) is 40.7 Å². The highest BCUT2D eigenvalue weighted by molar-refractivity contribution is 6.30. The van der Waals surface area contributed by atoms with E-state index < -0.39 is 0 Å². The van der Waals surface area contributed by atoms with E-state index in [-0.39, 0.29) is 12.0 Å². The number of aryl methyl sites for hydroxylation is 1. The molecule has 1 unspecified atom stereocenters. The van der Waals surface area contributed by atoms with Crippen molar-refractivity contribution in [2.75, 3.05) is 7.11 Å². The Morgan fingerprint density at radius 1 is 1.38 bits per heavy atom. The van der Waals surface area contributed by atoms with Crippen LogP contribution in [-0.4, -0.2) is 22.6 Å². The molecule has 0 aliphatic carbocycles. The van der Waals surface area contributed by atoms with Crippen LogP contribution in [0.5, 0.6) is 0 Å². The summed E-state index contributed by atoms with van der Waals surface area (Å²) in [5, 5.41) is 0.485.